The van der Waals surface area contributed by atoms with E-state index in [0.717, 1.165) is 56.1 Å². The molecule has 210 valence electrons. The smallest absolute Gasteiger partial charge is 0.420 e. The van der Waals surface area contributed by atoms with Crippen LogP contribution in [0.1, 0.15) is 57.9 Å². The molecule has 0 unspecified atom stereocenters. The summed E-state index contributed by atoms with van der Waals surface area (Å²) in [5.41, 5.74) is -1.14. The molecule has 12 heteroatoms. The van der Waals surface area contributed by atoms with Crippen LogP contribution in [0.25, 0.3) is 11.3 Å². The van der Waals surface area contributed by atoms with E-state index in [9.17, 15) is 27.2 Å². The molecule has 0 fully saturated rings. The molecule has 0 saturated heterocycles. The maximum atomic E-state index is 14.9. The molecule has 7 nitrogen and oxygen atoms in total. The number of anilines is 2. The molecule has 0 atom stereocenters. The number of nitrogens with zero attached hydrogens (tertiary/aromatic N) is 3. The first-order valence-corrected chi connectivity index (χ1v) is 13.3. The number of benzene rings is 1. The van der Waals surface area contributed by atoms with Gasteiger partial charge in [0.15, 0.2) is 11.7 Å². The standard InChI is InChI=1S/C27H29F4N3O4S/c1-3-4-5-6-7-8-14-37-22-12-11-20(15-21(22)27(29,30)31)34(23(36)17-38-18(2)35)26-33-24(25(28)39-26)19-10-9-13-32-16-19/h9-13,15-16H,3-8,14,17H2,1-2H3. The molecule has 0 radical (unpaired) electrons. The van der Waals surface area contributed by atoms with E-state index in [0.29, 0.717) is 23.3 Å². The number of carbonyl (C=O) groups excluding carboxylic acids is 2. The third kappa shape index (κ3) is 8.47. The Bertz CT molecular complexity index is 1250. The van der Waals surface area contributed by atoms with Crippen molar-refractivity contribution in [3.63, 3.8) is 0 Å². The van der Waals surface area contributed by atoms with Gasteiger partial charge in [0.1, 0.15) is 11.4 Å². The highest BCUT2D eigenvalue weighted by molar-refractivity contribution is 7.14. The Kier molecular flexibility index (Phi) is 10.8. The molecule has 3 rings (SSSR count). The summed E-state index contributed by atoms with van der Waals surface area (Å²) in [5, 5.41) is -1.00. The van der Waals surface area contributed by atoms with Crippen LogP contribution < -0.4 is 9.64 Å². The van der Waals surface area contributed by atoms with Crippen LogP contribution in [0.15, 0.2) is 42.7 Å². The van der Waals surface area contributed by atoms with Gasteiger partial charge in [-0.3, -0.25) is 19.5 Å². The maximum Gasteiger partial charge on any atom is 0.420 e. The Hall–Kier alpha value is -3.54. The molecule has 0 bridgehead atoms. The third-order valence-corrected chi connectivity index (χ3v) is 6.46. The number of esters is 1. The molecule has 0 spiro atoms. The van der Waals surface area contributed by atoms with Gasteiger partial charge in [0.25, 0.3) is 5.91 Å². The number of unbranched alkanes of at least 4 members (excludes halogenated alkanes) is 5. The van der Waals surface area contributed by atoms with Crippen LogP contribution in [0.2, 0.25) is 0 Å². The highest BCUT2D eigenvalue weighted by Crippen LogP contribution is 2.41. The lowest BCUT2D eigenvalue weighted by atomic mass is 10.1. The molecular formula is C27H29F4N3O4S. The maximum absolute atomic E-state index is 14.9. The summed E-state index contributed by atoms with van der Waals surface area (Å²) in [5.74, 6) is -2.06. The second-order valence-corrected chi connectivity index (χ2v) is 9.59. The van der Waals surface area contributed by atoms with E-state index in [1.54, 1.807) is 12.1 Å². The SMILES string of the molecule is CCCCCCCCOc1ccc(N(C(=O)COC(C)=O)c2nc(-c3cccnc3)c(F)s2)cc1C(F)(F)F. The van der Waals surface area contributed by atoms with Gasteiger partial charge in [-0.25, -0.2) is 4.98 Å². The molecule has 2 heterocycles. The summed E-state index contributed by atoms with van der Waals surface area (Å²) >= 11 is 0.464. The average Bonchev–Trinajstić information content (AvgIpc) is 3.28. The van der Waals surface area contributed by atoms with Crippen molar-refractivity contribution in [3.8, 4) is 17.0 Å². The topological polar surface area (TPSA) is 81.6 Å². The van der Waals surface area contributed by atoms with Gasteiger partial charge in [-0.1, -0.05) is 50.4 Å². The molecule has 0 aliphatic rings. The molecule has 1 amide bonds. The van der Waals surface area contributed by atoms with Crippen LogP contribution in [0.3, 0.4) is 0 Å². The first-order chi connectivity index (χ1) is 18.6. The van der Waals surface area contributed by atoms with Gasteiger partial charge in [0.2, 0.25) is 5.13 Å². The molecule has 0 aliphatic carbocycles. The van der Waals surface area contributed by atoms with E-state index in [1.165, 1.54) is 18.5 Å². The Balaban J connectivity index is 1.93. The van der Waals surface area contributed by atoms with Gasteiger partial charge >= 0.3 is 12.1 Å². The van der Waals surface area contributed by atoms with Crippen LogP contribution in [0.5, 0.6) is 5.75 Å². The highest BCUT2D eigenvalue weighted by Gasteiger charge is 2.36. The van der Waals surface area contributed by atoms with Gasteiger partial charge in [0, 0.05) is 24.9 Å². The van der Waals surface area contributed by atoms with E-state index in [4.69, 9.17) is 9.47 Å². The summed E-state index contributed by atoms with van der Waals surface area (Å²) in [4.78, 5) is 33.2. The van der Waals surface area contributed by atoms with E-state index in [1.807, 2.05) is 0 Å². The number of hydrogen-bond acceptors (Lipinski definition) is 7. The van der Waals surface area contributed by atoms with Crippen LogP contribution in [0.4, 0.5) is 28.4 Å². The van der Waals surface area contributed by atoms with Crippen molar-refractivity contribution in [1.29, 1.82) is 0 Å². The molecule has 0 N–H and O–H groups in total. The Morgan fingerprint density at radius 3 is 2.49 bits per heavy atom. The second kappa shape index (κ2) is 14.0. The number of rotatable bonds is 13. The lowest BCUT2D eigenvalue weighted by Crippen LogP contribution is -2.30. The van der Waals surface area contributed by atoms with Gasteiger partial charge in [0.05, 0.1) is 17.9 Å². The van der Waals surface area contributed by atoms with Gasteiger partial charge in [-0.2, -0.15) is 17.6 Å². The summed E-state index contributed by atoms with van der Waals surface area (Å²) in [7, 11) is 0. The number of hydrogen-bond donors (Lipinski definition) is 0. The van der Waals surface area contributed by atoms with Crippen LogP contribution >= 0.6 is 11.3 Å². The van der Waals surface area contributed by atoms with E-state index >= 15 is 0 Å². The summed E-state index contributed by atoms with van der Waals surface area (Å²) < 4.78 is 67.1. The minimum atomic E-state index is -4.80. The minimum Gasteiger partial charge on any atom is -0.493 e. The summed E-state index contributed by atoms with van der Waals surface area (Å²) in [6.07, 6.45) is 3.74. The zero-order valence-corrected chi connectivity index (χ0v) is 22.4. The van der Waals surface area contributed by atoms with E-state index < -0.39 is 35.4 Å². The fraction of sp³-hybridized carbons (Fsp3) is 0.407. The lowest BCUT2D eigenvalue weighted by Gasteiger charge is -2.22. The summed E-state index contributed by atoms with van der Waals surface area (Å²) in [6.45, 7) is 2.51. The normalized spacial score (nSPS) is 11.3. The number of aromatic nitrogens is 2. The van der Waals surface area contributed by atoms with Crippen molar-refractivity contribution in [3.05, 3.63) is 53.4 Å². The number of ether oxygens (including phenoxy) is 2. The van der Waals surface area contributed by atoms with Crippen LogP contribution in [0, 0.1) is 5.13 Å². The monoisotopic (exact) mass is 567 g/mol. The third-order valence-electron chi connectivity index (χ3n) is 5.63. The van der Waals surface area contributed by atoms with Gasteiger partial charge in [-0.05, 0) is 36.8 Å². The van der Waals surface area contributed by atoms with Crippen LogP contribution in [-0.2, 0) is 20.5 Å². The fourth-order valence-corrected chi connectivity index (χ4v) is 4.58. The lowest BCUT2D eigenvalue weighted by molar-refractivity contribution is -0.145. The van der Waals surface area contributed by atoms with Crippen molar-refractivity contribution in [1.82, 2.24) is 9.97 Å². The molecule has 1 aromatic carbocycles. The number of thiazole rings is 1. The van der Waals surface area contributed by atoms with Crippen molar-refractivity contribution >= 4 is 34.0 Å². The van der Waals surface area contributed by atoms with Gasteiger partial charge in [-0.15, -0.1) is 0 Å². The zero-order valence-electron chi connectivity index (χ0n) is 21.6. The van der Waals surface area contributed by atoms with Crippen molar-refractivity contribution in [2.24, 2.45) is 0 Å². The average molecular weight is 568 g/mol. The molecule has 39 heavy (non-hydrogen) atoms. The minimum absolute atomic E-state index is 0.107. The number of pyridine rings is 1. The number of amides is 1. The molecule has 0 saturated carbocycles. The van der Waals surface area contributed by atoms with E-state index in [2.05, 4.69) is 16.9 Å². The summed E-state index contributed by atoms with van der Waals surface area (Å²) in [6, 6.07) is 6.23. The molecule has 2 aromatic heterocycles. The first kappa shape index (κ1) is 30.0. The number of carbonyl (C=O) groups is 2. The quantitative estimate of drug-likeness (QED) is 0.122. The van der Waals surface area contributed by atoms with Crippen molar-refractivity contribution in [2.75, 3.05) is 18.1 Å². The van der Waals surface area contributed by atoms with Crippen molar-refractivity contribution < 1.29 is 36.6 Å². The number of halogens is 4. The molecular weight excluding hydrogens is 538 g/mol. The first-order valence-electron chi connectivity index (χ1n) is 12.5. The molecule has 0 aliphatic heterocycles. The van der Waals surface area contributed by atoms with Gasteiger partial charge < -0.3 is 9.47 Å². The largest absolute Gasteiger partial charge is 0.493 e. The zero-order chi connectivity index (χ0) is 28.4. The molecule has 3 aromatic rings. The fourth-order valence-electron chi connectivity index (χ4n) is 3.73. The van der Waals surface area contributed by atoms with Crippen LogP contribution in [-0.4, -0.2) is 35.1 Å². The Morgan fingerprint density at radius 2 is 1.82 bits per heavy atom. The van der Waals surface area contributed by atoms with Crippen molar-refractivity contribution in [2.45, 2.75) is 58.5 Å². The van der Waals surface area contributed by atoms with E-state index in [-0.39, 0.29) is 28.9 Å². The Morgan fingerprint density at radius 1 is 1.08 bits per heavy atom. The predicted molar refractivity (Wildman–Crippen MR) is 139 cm³/mol. The second-order valence-electron chi connectivity index (χ2n) is 8.66. The highest BCUT2D eigenvalue weighted by atomic mass is 32.1. The number of alkyl halides is 3. The Labute approximate surface area is 227 Å². The predicted octanol–water partition coefficient (Wildman–Crippen LogP) is 7.33.